The van der Waals surface area contributed by atoms with Gasteiger partial charge in [0.1, 0.15) is 5.82 Å². The molecule has 1 N–H and O–H groups in total. The highest BCUT2D eigenvalue weighted by Gasteiger charge is 2.25. The van der Waals surface area contributed by atoms with Crippen LogP contribution in [0, 0.1) is 5.82 Å². The highest BCUT2D eigenvalue weighted by atomic mass is 35.5. The number of thiophene rings is 1. The molecule has 1 aromatic carbocycles. The SMILES string of the molecule is CC(O)(Cc1ccc(F)cc1Cl)c1cccs1. The molecule has 1 heterocycles. The van der Waals surface area contributed by atoms with Crippen molar-refractivity contribution in [1.29, 1.82) is 0 Å². The van der Waals surface area contributed by atoms with Crippen molar-refractivity contribution in [3.63, 3.8) is 0 Å². The van der Waals surface area contributed by atoms with Crippen LogP contribution >= 0.6 is 22.9 Å². The van der Waals surface area contributed by atoms with Crippen LogP contribution in [0.15, 0.2) is 35.7 Å². The highest BCUT2D eigenvalue weighted by molar-refractivity contribution is 7.10. The summed E-state index contributed by atoms with van der Waals surface area (Å²) in [5.74, 6) is -0.366. The van der Waals surface area contributed by atoms with Gasteiger partial charge in [0, 0.05) is 16.3 Å². The Labute approximate surface area is 108 Å². The van der Waals surface area contributed by atoms with E-state index in [0.29, 0.717) is 11.4 Å². The first-order chi connectivity index (χ1) is 7.99. The van der Waals surface area contributed by atoms with Crippen LogP contribution in [-0.4, -0.2) is 5.11 Å². The predicted molar refractivity (Wildman–Crippen MR) is 69.0 cm³/mol. The van der Waals surface area contributed by atoms with Gasteiger partial charge in [-0.2, -0.15) is 0 Å². The maximum atomic E-state index is 12.9. The molecule has 0 saturated carbocycles. The summed E-state index contributed by atoms with van der Waals surface area (Å²) in [6.07, 6.45) is 0.368. The zero-order valence-corrected chi connectivity index (χ0v) is 10.9. The van der Waals surface area contributed by atoms with E-state index in [4.69, 9.17) is 11.6 Å². The lowest BCUT2D eigenvalue weighted by Gasteiger charge is -2.22. The van der Waals surface area contributed by atoms with Gasteiger partial charge in [-0.3, -0.25) is 0 Å². The van der Waals surface area contributed by atoms with Crippen molar-refractivity contribution < 1.29 is 9.50 Å². The summed E-state index contributed by atoms with van der Waals surface area (Å²) in [6, 6.07) is 8.00. The molecule has 1 atom stereocenters. The van der Waals surface area contributed by atoms with Crippen molar-refractivity contribution in [2.75, 3.05) is 0 Å². The van der Waals surface area contributed by atoms with Gasteiger partial charge in [0.15, 0.2) is 0 Å². The van der Waals surface area contributed by atoms with E-state index in [1.807, 2.05) is 17.5 Å². The topological polar surface area (TPSA) is 20.2 Å². The molecule has 0 bridgehead atoms. The molecule has 17 heavy (non-hydrogen) atoms. The third-order valence-corrected chi connectivity index (χ3v) is 4.08. The van der Waals surface area contributed by atoms with Crippen LogP contribution in [0.3, 0.4) is 0 Å². The van der Waals surface area contributed by atoms with Crippen molar-refractivity contribution >= 4 is 22.9 Å². The van der Waals surface area contributed by atoms with Gasteiger partial charge in [-0.1, -0.05) is 23.7 Å². The normalized spacial score (nSPS) is 14.6. The van der Waals surface area contributed by atoms with Crippen LogP contribution in [0.4, 0.5) is 4.39 Å². The Morgan fingerprint density at radius 2 is 2.18 bits per heavy atom. The van der Waals surface area contributed by atoms with Gasteiger partial charge in [0.25, 0.3) is 0 Å². The minimum atomic E-state index is -0.977. The van der Waals surface area contributed by atoms with E-state index in [1.54, 1.807) is 13.0 Å². The fourth-order valence-corrected chi connectivity index (χ4v) is 2.73. The second-order valence-electron chi connectivity index (χ2n) is 4.16. The lowest BCUT2D eigenvalue weighted by molar-refractivity contribution is 0.0615. The summed E-state index contributed by atoms with van der Waals surface area (Å²) in [5.41, 5.74) is -0.234. The maximum absolute atomic E-state index is 12.9. The van der Waals surface area contributed by atoms with Gasteiger partial charge in [-0.15, -0.1) is 11.3 Å². The third kappa shape index (κ3) is 2.86. The van der Waals surface area contributed by atoms with Crippen molar-refractivity contribution in [3.05, 3.63) is 57.0 Å². The molecule has 0 aliphatic carbocycles. The van der Waals surface area contributed by atoms with Crippen LogP contribution in [-0.2, 0) is 12.0 Å². The standard InChI is InChI=1S/C13H12ClFOS/c1-13(16,12-3-2-6-17-12)8-9-4-5-10(15)7-11(9)14/h2-7,16H,8H2,1H3. The van der Waals surface area contributed by atoms with E-state index in [9.17, 15) is 9.50 Å². The lowest BCUT2D eigenvalue weighted by atomic mass is 9.95. The summed E-state index contributed by atoms with van der Waals surface area (Å²) in [5, 5.41) is 12.6. The van der Waals surface area contributed by atoms with Gasteiger partial charge >= 0.3 is 0 Å². The third-order valence-electron chi connectivity index (χ3n) is 2.60. The second-order valence-corrected chi connectivity index (χ2v) is 5.52. The van der Waals surface area contributed by atoms with Crippen LogP contribution in [0.25, 0.3) is 0 Å². The summed E-state index contributed by atoms with van der Waals surface area (Å²) < 4.78 is 12.9. The Hall–Kier alpha value is -0.900. The Balaban J connectivity index is 2.26. The molecular formula is C13H12ClFOS. The van der Waals surface area contributed by atoms with E-state index in [1.165, 1.54) is 23.5 Å². The first kappa shape index (κ1) is 12.6. The minimum Gasteiger partial charge on any atom is -0.384 e. The molecule has 1 unspecified atom stereocenters. The minimum absolute atomic E-state index is 0.349. The van der Waals surface area contributed by atoms with Crippen LogP contribution < -0.4 is 0 Å². The molecule has 0 radical (unpaired) electrons. The van der Waals surface area contributed by atoms with Crippen LogP contribution in [0.2, 0.25) is 5.02 Å². The Kier molecular flexibility index (Phi) is 3.52. The Bertz CT molecular complexity index is 508. The van der Waals surface area contributed by atoms with Gasteiger partial charge in [0.05, 0.1) is 5.60 Å². The first-order valence-electron chi connectivity index (χ1n) is 5.19. The number of aliphatic hydroxyl groups is 1. The monoisotopic (exact) mass is 270 g/mol. The Morgan fingerprint density at radius 3 is 2.76 bits per heavy atom. The molecule has 1 nitrogen and oxygen atoms in total. The van der Waals surface area contributed by atoms with E-state index < -0.39 is 5.60 Å². The van der Waals surface area contributed by atoms with Crippen molar-refractivity contribution in [2.24, 2.45) is 0 Å². The quantitative estimate of drug-likeness (QED) is 0.894. The fraction of sp³-hybridized carbons (Fsp3) is 0.231. The van der Waals surface area contributed by atoms with Gasteiger partial charge < -0.3 is 5.11 Å². The van der Waals surface area contributed by atoms with Crippen LogP contribution in [0.5, 0.6) is 0 Å². The van der Waals surface area contributed by atoms with Crippen LogP contribution in [0.1, 0.15) is 17.4 Å². The summed E-state index contributed by atoms with van der Waals surface area (Å²) in [4.78, 5) is 0.873. The number of rotatable bonds is 3. The average molecular weight is 271 g/mol. The molecule has 0 saturated heterocycles. The molecule has 0 amide bonds. The number of benzene rings is 1. The zero-order chi connectivity index (χ0) is 12.5. The van der Waals surface area contributed by atoms with Crippen molar-refractivity contribution in [3.8, 4) is 0 Å². The molecular weight excluding hydrogens is 259 g/mol. The van der Waals surface area contributed by atoms with E-state index >= 15 is 0 Å². The summed E-state index contributed by atoms with van der Waals surface area (Å²) >= 11 is 7.44. The molecule has 0 aliphatic rings. The second kappa shape index (κ2) is 4.77. The zero-order valence-electron chi connectivity index (χ0n) is 9.28. The first-order valence-corrected chi connectivity index (χ1v) is 6.45. The molecule has 4 heteroatoms. The molecule has 2 rings (SSSR count). The average Bonchev–Trinajstić information content (AvgIpc) is 2.76. The highest BCUT2D eigenvalue weighted by Crippen LogP contribution is 2.31. The van der Waals surface area contributed by atoms with E-state index in [2.05, 4.69) is 0 Å². The molecule has 0 aliphatic heterocycles. The van der Waals surface area contributed by atoms with E-state index in [0.717, 1.165) is 10.4 Å². The van der Waals surface area contributed by atoms with E-state index in [-0.39, 0.29) is 5.82 Å². The van der Waals surface area contributed by atoms with Crippen molar-refractivity contribution in [1.82, 2.24) is 0 Å². The number of hydrogen-bond acceptors (Lipinski definition) is 2. The van der Waals surface area contributed by atoms with Gasteiger partial charge in [-0.05, 0) is 36.1 Å². The number of halogens is 2. The molecule has 90 valence electrons. The molecule has 0 spiro atoms. The Morgan fingerprint density at radius 1 is 1.41 bits per heavy atom. The summed E-state index contributed by atoms with van der Waals surface area (Å²) in [6.45, 7) is 1.73. The smallest absolute Gasteiger partial charge is 0.124 e. The number of hydrogen-bond donors (Lipinski definition) is 1. The maximum Gasteiger partial charge on any atom is 0.124 e. The predicted octanol–water partition coefficient (Wildman–Crippen LogP) is 3.99. The lowest BCUT2D eigenvalue weighted by Crippen LogP contribution is -2.23. The van der Waals surface area contributed by atoms with Crippen molar-refractivity contribution in [2.45, 2.75) is 18.9 Å². The largest absolute Gasteiger partial charge is 0.384 e. The summed E-state index contributed by atoms with van der Waals surface area (Å²) in [7, 11) is 0. The van der Waals surface area contributed by atoms with Gasteiger partial charge in [0.2, 0.25) is 0 Å². The fourth-order valence-electron chi connectivity index (χ4n) is 1.71. The molecule has 0 fully saturated rings. The van der Waals surface area contributed by atoms with Gasteiger partial charge in [-0.25, -0.2) is 4.39 Å². The molecule has 1 aromatic heterocycles. The molecule has 2 aromatic rings.